The number of hydrogen-bond donors (Lipinski definition) is 3. The van der Waals surface area contributed by atoms with E-state index in [2.05, 4.69) is 22.7 Å². The van der Waals surface area contributed by atoms with E-state index in [9.17, 15) is 18.1 Å². The zero-order chi connectivity index (χ0) is 16.9. The molecule has 7 nitrogen and oxygen atoms in total. The first-order valence-electron chi connectivity index (χ1n) is 7.30. The number of nitrogens with one attached hydrogen (secondary N) is 1. The van der Waals surface area contributed by atoms with E-state index in [0.717, 1.165) is 19.3 Å². The van der Waals surface area contributed by atoms with E-state index in [1.54, 1.807) is 24.3 Å². The molecule has 0 aromatic heterocycles. The highest BCUT2D eigenvalue weighted by Gasteiger charge is 2.23. The van der Waals surface area contributed by atoms with E-state index in [4.69, 9.17) is 0 Å². The second-order valence-corrected chi connectivity index (χ2v) is 6.44. The maximum atomic E-state index is 11.6. The molecule has 0 aliphatic rings. The number of phenolic OH excluding ortho intramolecular Hbond substituents is 1. The third-order valence-corrected chi connectivity index (χ3v) is 4.27. The molecule has 0 bridgehead atoms. The monoisotopic (exact) mass is 337 g/mol. The van der Waals surface area contributed by atoms with Gasteiger partial charge in [-0.05, 0) is 17.9 Å². The van der Waals surface area contributed by atoms with Crippen LogP contribution in [-0.4, -0.2) is 24.6 Å². The topological polar surface area (TPSA) is 111 Å². The Morgan fingerprint density at radius 1 is 1.22 bits per heavy atom. The maximum Gasteiger partial charge on any atom is 0.300 e. The summed E-state index contributed by atoms with van der Waals surface area (Å²) in [6, 6.07) is 8.19. The standard InChI is InChI=1S/C15H19N3O4S/c1-2-3-6-9-16-18-17-13-10-11-7-4-5-8-12(11)14(19)15(13)23(20,21)22/h4-5,7-8,10,19H,2-3,6,9H2,1H3,(H,16,17)(H,20,21,22). The molecule has 0 aliphatic heterocycles. The first kappa shape index (κ1) is 17.2. The van der Waals surface area contributed by atoms with Crippen LogP contribution in [0.15, 0.2) is 45.6 Å². The van der Waals surface area contributed by atoms with Crippen molar-refractivity contribution >= 4 is 26.6 Å². The van der Waals surface area contributed by atoms with Gasteiger partial charge < -0.3 is 5.11 Å². The van der Waals surface area contributed by atoms with Gasteiger partial charge in [-0.2, -0.15) is 13.5 Å². The summed E-state index contributed by atoms with van der Waals surface area (Å²) in [6.07, 6.45) is 2.98. The molecule has 2 aromatic carbocycles. The molecule has 0 fully saturated rings. The van der Waals surface area contributed by atoms with Gasteiger partial charge in [0.05, 0.1) is 12.2 Å². The molecular formula is C15H19N3O4S. The molecular weight excluding hydrogens is 318 g/mol. The lowest BCUT2D eigenvalue weighted by Crippen LogP contribution is -2.04. The largest absolute Gasteiger partial charge is 0.506 e. The summed E-state index contributed by atoms with van der Waals surface area (Å²) in [7, 11) is -4.62. The molecule has 0 saturated heterocycles. The molecule has 2 aromatic rings. The fourth-order valence-corrected chi connectivity index (χ4v) is 2.96. The van der Waals surface area contributed by atoms with Crippen LogP contribution in [0.1, 0.15) is 26.2 Å². The Bertz CT molecular complexity index is 819. The fraction of sp³-hybridized carbons (Fsp3) is 0.333. The summed E-state index contributed by atoms with van der Waals surface area (Å²) < 4.78 is 32.5. The molecule has 0 amide bonds. The lowest BCUT2D eigenvalue weighted by Gasteiger charge is -2.11. The Kier molecular flexibility index (Phi) is 5.51. The number of nitrogens with zero attached hydrogens (tertiary/aromatic N) is 2. The van der Waals surface area contributed by atoms with Crippen LogP contribution in [0.4, 0.5) is 5.69 Å². The minimum atomic E-state index is -4.62. The first-order valence-corrected chi connectivity index (χ1v) is 8.74. The van der Waals surface area contributed by atoms with Crippen molar-refractivity contribution in [3.63, 3.8) is 0 Å². The molecule has 0 heterocycles. The van der Waals surface area contributed by atoms with Gasteiger partial charge in [-0.3, -0.25) is 9.98 Å². The number of phenols is 1. The van der Waals surface area contributed by atoms with E-state index in [-0.39, 0.29) is 5.69 Å². The van der Waals surface area contributed by atoms with Crippen molar-refractivity contribution in [2.75, 3.05) is 12.0 Å². The summed E-state index contributed by atoms with van der Waals surface area (Å²) in [5, 5.41) is 18.7. The fourth-order valence-electron chi connectivity index (χ4n) is 2.23. The zero-order valence-corrected chi connectivity index (χ0v) is 13.5. The van der Waals surface area contributed by atoms with Gasteiger partial charge in [-0.15, -0.1) is 0 Å². The van der Waals surface area contributed by atoms with Crippen LogP contribution in [0, 0.1) is 0 Å². The highest BCUT2D eigenvalue weighted by molar-refractivity contribution is 7.86. The van der Waals surface area contributed by atoms with E-state index in [1.807, 2.05) is 0 Å². The van der Waals surface area contributed by atoms with E-state index in [1.165, 1.54) is 6.07 Å². The lowest BCUT2D eigenvalue weighted by molar-refractivity contribution is 0.449. The Morgan fingerprint density at radius 3 is 2.65 bits per heavy atom. The van der Waals surface area contributed by atoms with Gasteiger partial charge in [0.15, 0.2) is 4.90 Å². The minimum Gasteiger partial charge on any atom is -0.506 e. The highest BCUT2D eigenvalue weighted by atomic mass is 32.2. The Hall–Kier alpha value is -2.19. The van der Waals surface area contributed by atoms with E-state index in [0.29, 0.717) is 17.3 Å². The third kappa shape index (κ3) is 4.17. The van der Waals surface area contributed by atoms with Gasteiger partial charge in [0.1, 0.15) is 5.75 Å². The predicted octanol–water partition coefficient (Wildman–Crippen LogP) is 3.76. The summed E-state index contributed by atoms with van der Waals surface area (Å²) in [6.45, 7) is 2.59. The molecule has 0 saturated carbocycles. The van der Waals surface area contributed by atoms with Crippen LogP contribution in [0.25, 0.3) is 10.8 Å². The highest BCUT2D eigenvalue weighted by Crippen LogP contribution is 2.37. The van der Waals surface area contributed by atoms with Crippen LogP contribution in [0.3, 0.4) is 0 Å². The Balaban J connectivity index is 2.37. The summed E-state index contributed by atoms with van der Waals surface area (Å²) in [5.74, 6) is -0.519. The van der Waals surface area contributed by atoms with Crippen molar-refractivity contribution in [2.45, 2.75) is 31.1 Å². The van der Waals surface area contributed by atoms with Crippen molar-refractivity contribution in [2.24, 2.45) is 10.3 Å². The number of benzene rings is 2. The summed E-state index contributed by atoms with van der Waals surface area (Å²) in [4.78, 5) is -0.608. The van der Waals surface area contributed by atoms with E-state index < -0.39 is 20.8 Å². The second kappa shape index (κ2) is 7.38. The number of aromatic hydroxyl groups is 1. The smallest absolute Gasteiger partial charge is 0.300 e. The SMILES string of the molecule is CCCCCN=NNc1cc2ccccc2c(O)c1S(=O)(=O)O. The third-order valence-electron chi connectivity index (χ3n) is 3.34. The van der Waals surface area contributed by atoms with Gasteiger partial charge in [-0.1, -0.05) is 49.3 Å². The quantitative estimate of drug-likeness (QED) is 0.308. The molecule has 2 rings (SSSR count). The molecule has 8 heteroatoms. The maximum absolute atomic E-state index is 11.6. The molecule has 0 atom stereocenters. The summed E-state index contributed by atoms with van der Waals surface area (Å²) in [5.41, 5.74) is 2.46. The lowest BCUT2D eigenvalue weighted by atomic mass is 10.1. The number of rotatable bonds is 7. The molecule has 0 unspecified atom stereocenters. The molecule has 3 N–H and O–H groups in total. The Labute approximate surface area is 134 Å². The van der Waals surface area contributed by atoms with Gasteiger partial charge in [-0.25, -0.2) is 0 Å². The summed E-state index contributed by atoms with van der Waals surface area (Å²) >= 11 is 0. The van der Waals surface area contributed by atoms with Crippen LogP contribution in [0.2, 0.25) is 0 Å². The zero-order valence-electron chi connectivity index (χ0n) is 12.7. The van der Waals surface area contributed by atoms with Gasteiger partial charge in [0.2, 0.25) is 0 Å². The normalized spacial score (nSPS) is 12.1. The molecule has 0 spiro atoms. The average Bonchev–Trinajstić information content (AvgIpc) is 2.49. The van der Waals surface area contributed by atoms with Crippen molar-refractivity contribution < 1.29 is 18.1 Å². The number of hydrogen-bond acceptors (Lipinski definition) is 5. The number of fused-ring (bicyclic) bond motifs is 1. The molecule has 0 aliphatic carbocycles. The van der Waals surface area contributed by atoms with Crippen LogP contribution < -0.4 is 5.43 Å². The van der Waals surface area contributed by atoms with Crippen molar-refractivity contribution in [1.29, 1.82) is 0 Å². The average molecular weight is 337 g/mol. The molecule has 0 radical (unpaired) electrons. The van der Waals surface area contributed by atoms with Gasteiger partial charge in [0.25, 0.3) is 10.1 Å². The van der Waals surface area contributed by atoms with Crippen molar-refractivity contribution in [3.05, 3.63) is 30.3 Å². The first-order chi connectivity index (χ1) is 10.9. The van der Waals surface area contributed by atoms with E-state index >= 15 is 0 Å². The van der Waals surface area contributed by atoms with Gasteiger partial charge >= 0.3 is 0 Å². The van der Waals surface area contributed by atoms with Crippen molar-refractivity contribution in [1.82, 2.24) is 0 Å². The van der Waals surface area contributed by atoms with Crippen molar-refractivity contribution in [3.8, 4) is 5.75 Å². The number of anilines is 1. The minimum absolute atomic E-state index is 0.0251. The van der Waals surface area contributed by atoms with Crippen LogP contribution >= 0.6 is 0 Å². The molecule has 23 heavy (non-hydrogen) atoms. The second-order valence-electron chi connectivity index (χ2n) is 5.08. The van der Waals surface area contributed by atoms with Crippen LogP contribution in [0.5, 0.6) is 5.75 Å². The predicted molar refractivity (Wildman–Crippen MR) is 88.3 cm³/mol. The van der Waals surface area contributed by atoms with Crippen LogP contribution in [-0.2, 0) is 10.1 Å². The van der Waals surface area contributed by atoms with Gasteiger partial charge in [0, 0.05) is 5.39 Å². The molecule has 124 valence electrons. The number of unbranched alkanes of at least 4 members (excludes halogenated alkanes) is 2. The Morgan fingerprint density at radius 2 is 1.96 bits per heavy atom.